The van der Waals surface area contributed by atoms with Gasteiger partial charge in [0.15, 0.2) is 9.84 Å². The average molecular weight is 425 g/mol. The topological polar surface area (TPSA) is 92.3 Å². The van der Waals surface area contributed by atoms with Crippen molar-refractivity contribution in [3.63, 3.8) is 0 Å². The van der Waals surface area contributed by atoms with Crippen LogP contribution in [0.15, 0.2) is 47.4 Å². The Morgan fingerprint density at radius 2 is 1.93 bits per heavy atom. The zero-order valence-corrected chi connectivity index (χ0v) is 16.7. The van der Waals surface area contributed by atoms with Crippen molar-refractivity contribution < 1.29 is 18.0 Å². The lowest BCUT2D eigenvalue weighted by molar-refractivity contribution is -0.120. The third kappa shape index (κ3) is 5.47. The van der Waals surface area contributed by atoms with Gasteiger partial charge in [-0.1, -0.05) is 23.7 Å². The predicted molar refractivity (Wildman–Crippen MR) is 108 cm³/mol. The van der Waals surface area contributed by atoms with Crippen molar-refractivity contribution >= 4 is 56.4 Å². The molecule has 0 bridgehead atoms. The Morgan fingerprint density at radius 1 is 1.22 bits per heavy atom. The molecule has 1 aliphatic heterocycles. The summed E-state index contributed by atoms with van der Waals surface area (Å²) in [7, 11) is -3.11. The van der Waals surface area contributed by atoms with Crippen molar-refractivity contribution in [1.82, 2.24) is 0 Å². The molecule has 0 saturated heterocycles. The van der Waals surface area contributed by atoms with E-state index in [2.05, 4.69) is 10.6 Å². The number of carbonyl (C=O) groups is 2. The largest absolute Gasteiger partial charge is 0.326 e. The molecule has 1 heterocycles. The number of carbonyl (C=O) groups excluding carboxylic acids is 2. The number of sulfone groups is 1. The third-order valence-electron chi connectivity index (χ3n) is 3.80. The van der Waals surface area contributed by atoms with Crippen molar-refractivity contribution in [1.29, 1.82) is 0 Å². The van der Waals surface area contributed by atoms with E-state index in [-0.39, 0.29) is 24.0 Å². The molecule has 9 heteroatoms. The average Bonchev–Trinajstić information content (AvgIpc) is 2.56. The van der Waals surface area contributed by atoms with Crippen molar-refractivity contribution in [2.75, 3.05) is 16.9 Å². The maximum Gasteiger partial charge on any atom is 0.238 e. The van der Waals surface area contributed by atoms with Crippen LogP contribution in [-0.4, -0.2) is 31.7 Å². The van der Waals surface area contributed by atoms with E-state index >= 15 is 0 Å². The molecule has 0 aromatic heterocycles. The standard InChI is InChI=1S/C18H17ClN2O4S2/c1-27(24,25)10-11-2-5-13(6-3-11)20-17(22)9-16-18(23)21-14-8-12(19)4-7-15(14)26-16/h2-8,16H,9-10H2,1H3,(H,20,22)(H,21,23)/t16-/m0/s1. The molecule has 0 saturated carbocycles. The molecule has 3 rings (SSSR count). The predicted octanol–water partition coefficient (Wildman–Crippen LogP) is 3.33. The van der Waals surface area contributed by atoms with Gasteiger partial charge in [-0.25, -0.2) is 8.42 Å². The van der Waals surface area contributed by atoms with Gasteiger partial charge in [0.25, 0.3) is 0 Å². The molecule has 2 N–H and O–H groups in total. The molecule has 27 heavy (non-hydrogen) atoms. The number of hydrogen-bond acceptors (Lipinski definition) is 5. The summed E-state index contributed by atoms with van der Waals surface area (Å²) in [5.41, 5.74) is 1.84. The van der Waals surface area contributed by atoms with E-state index in [1.165, 1.54) is 18.0 Å². The molecule has 0 aliphatic carbocycles. The first-order valence-electron chi connectivity index (χ1n) is 8.03. The SMILES string of the molecule is CS(=O)(=O)Cc1ccc(NC(=O)C[C@@H]2Sc3ccc(Cl)cc3NC2=O)cc1. The Balaban J connectivity index is 1.61. The fraction of sp³-hybridized carbons (Fsp3) is 0.222. The molecule has 0 radical (unpaired) electrons. The van der Waals surface area contributed by atoms with Gasteiger partial charge in [-0.3, -0.25) is 9.59 Å². The van der Waals surface area contributed by atoms with Crippen molar-refractivity contribution in [3.8, 4) is 0 Å². The Morgan fingerprint density at radius 3 is 2.59 bits per heavy atom. The molecule has 0 spiro atoms. The lowest BCUT2D eigenvalue weighted by Crippen LogP contribution is -2.32. The summed E-state index contributed by atoms with van der Waals surface area (Å²) in [6.07, 6.45) is 1.19. The minimum Gasteiger partial charge on any atom is -0.326 e. The Bertz CT molecular complexity index is 991. The summed E-state index contributed by atoms with van der Waals surface area (Å²) in [5.74, 6) is -0.590. The first-order chi connectivity index (χ1) is 12.7. The highest BCUT2D eigenvalue weighted by atomic mass is 35.5. The van der Waals surface area contributed by atoms with Crippen LogP contribution in [-0.2, 0) is 25.2 Å². The van der Waals surface area contributed by atoms with Crippen LogP contribution in [0.4, 0.5) is 11.4 Å². The number of benzene rings is 2. The fourth-order valence-electron chi connectivity index (χ4n) is 2.62. The molecule has 2 aromatic rings. The number of fused-ring (bicyclic) bond motifs is 1. The minimum atomic E-state index is -3.11. The van der Waals surface area contributed by atoms with E-state index in [1.54, 1.807) is 36.4 Å². The maximum absolute atomic E-state index is 12.3. The van der Waals surface area contributed by atoms with Crippen LogP contribution in [0.25, 0.3) is 0 Å². The number of hydrogen-bond donors (Lipinski definition) is 2. The zero-order chi connectivity index (χ0) is 19.6. The lowest BCUT2D eigenvalue weighted by atomic mass is 10.2. The number of nitrogens with one attached hydrogen (secondary N) is 2. The van der Waals surface area contributed by atoms with Crippen LogP contribution in [0.5, 0.6) is 0 Å². The third-order valence-corrected chi connectivity index (χ3v) is 6.17. The van der Waals surface area contributed by atoms with E-state index in [0.29, 0.717) is 22.0 Å². The number of thioether (sulfide) groups is 1. The molecule has 1 aliphatic rings. The normalized spacial score (nSPS) is 16.4. The molecular weight excluding hydrogens is 408 g/mol. The van der Waals surface area contributed by atoms with Crippen LogP contribution in [0.1, 0.15) is 12.0 Å². The summed E-state index contributed by atoms with van der Waals surface area (Å²) < 4.78 is 22.6. The van der Waals surface area contributed by atoms with Gasteiger partial charge in [0.2, 0.25) is 11.8 Å². The van der Waals surface area contributed by atoms with E-state index in [1.807, 2.05) is 6.07 Å². The zero-order valence-electron chi connectivity index (χ0n) is 14.4. The van der Waals surface area contributed by atoms with Gasteiger partial charge in [0.1, 0.15) is 0 Å². The van der Waals surface area contributed by atoms with Gasteiger partial charge in [0.05, 0.1) is 16.7 Å². The lowest BCUT2D eigenvalue weighted by Gasteiger charge is -2.23. The second kappa shape index (κ2) is 7.92. The quantitative estimate of drug-likeness (QED) is 0.768. The first kappa shape index (κ1) is 19.7. The molecule has 6 nitrogen and oxygen atoms in total. The Kier molecular flexibility index (Phi) is 5.78. The summed E-state index contributed by atoms with van der Waals surface area (Å²) in [5, 5.41) is 5.49. The van der Waals surface area contributed by atoms with Crippen LogP contribution in [0.2, 0.25) is 5.02 Å². The van der Waals surface area contributed by atoms with Crippen molar-refractivity contribution in [2.45, 2.75) is 22.3 Å². The number of rotatable bonds is 5. The van der Waals surface area contributed by atoms with Gasteiger partial charge >= 0.3 is 0 Å². The van der Waals surface area contributed by atoms with Crippen molar-refractivity contribution in [2.24, 2.45) is 0 Å². The highest BCUT2D eigenvalue weighted by molar-refractivity contribution is 8.01. The van der Waals surface area contributed by atoms with Gasteiger partial charge in [-0.15, -0.1) is 11.8 Å². The molecule has 0 fully saturated rings. The van der Waals surface area contributed by atoms with Crippen LogP contribution in [0.3, 0.4) is 0 Å². The molecule has 2 amide bonds. The van der Waals surface area contributed by atoms with Gasteiger partial charge in [-0.2, -0.15) is 0 Å². The maximum atomic E-state index is 12.3. The highest BCUT2D eigenvalue weighted by Gasteiger charge is 2.29. The number of amides is 2. The number of halogens is 1. The molecule has 2 aromatic carbocycles. The van der Waals surface area contributed by atoms with Crippen LogP contribution < -0.4 is 10.6 Å². The van der Waals surface area contributed by atoms with E-state index in [4.69, 9.17) is 11.6 Å². The van der Waals surface area contributed by atoms with Gasteiger partial charge in [0, 0.05) is 28.3 Å². The Labute approximate surface area is 166 Å². The van der Waals surface area contributed by atoms with Crippen molar-refractivity contribution in [3.05, 3.63) is 53.1 Å². The number of anilines is 2. The fourth-order valence-corrected chi connectivity index (χ4v) is 4.69. The summed E-state index contributed by atoms with van der Waals surface area (Å²) in [4.78, 5) is 25.4. The van der Waals surface area contributed by atoms with Gasteiger partial charge < -0.3 is 10.6 Å². The van der Waals surface area contributed by atoms with Crippen LogP contribution in [0, 0.1) is 0 Å². The molecule has 142 valence electrons. The van der Waals surface area contributed by atoms with Crippen LogP contribution >= 0.6 is 23.4 Å². The second-order valence-electron chi connectivity index (χ2n) is 6.26. The minimum absolute atomic E-state index is 0.0175. The highest BCUT2D eigenvalue weighted by Crippen LogP contribution is 2.38. The smallest absolute Gasteiger partial charge is 0.238 e. The Hall–Kier alpha value is -2.03. The summed E-state index contributed by atoms with van der Waals surface area (Å²) in [6.45, 7) is 0. The second-order valence-corrected chi connectivity index (χ2v) is 10.1. The van der Waals surface area contributed by atoms with E-state index < -0.39 is 15.1 Å². The summed E-state index contributed by atoms with van der Waals surface area (Å²) >= 11 is 7.25. The summed E-state index contributed by atoms with van der Waals surface area (Å²) in [6, 6.07) is 11.8. The van der Waals surface area contributed by atoms with E-state index in [0.717, 1.165) is 4.90 Å². The molecular formula is C18H17ClN2O4S2. The monoisotopic (exact) mass is 424 g/mol. The molecule has 0 unspecified atom stereocenters. The first-order valence-corrected chi connectivity index (χ1v) is 11.3. The van der Waals surface area contributed by atoms with Gasteiger partial charge in [-0.05, 0) is 35.9 Å². The van der Waals surface area contributed by atoms with E-state index in [9.17, 15) is 18.0 Å². The molecule has 1 atom stereocenters.